The average molecular weight is 355 g/mol. The standard InChI is InChI=1S/C18H17N3O5/c1-12(15-4-2-3-5-16(15)21(24)25)26-17(22)13-6-8-14(9-7-13)20-11-10-19-18(20)23/h2-9,12H,10-11H2,1H3,(H,19,23). The molecule has 26 heavy (non-hydrogen) atoms. The molecule has 2 aromatic carbocycles. The summed E-state index contributed by atoms with van der Waals surface area (Å²) in [6, 6.07) is 12.4. The summed E-state index contributed by atoms with van der Waals surface area (Å²) in [4.78, 5) is 36.1. The molecule has 0 spiro atoms. The number of carbonyl (C=O) groups is 2. The second-order valence-corrected chi connectivity index (χ2v) is 5.79. The molecule has 1 fully saturated rings. The van der Waals surface area contributed by atoms with Crippen LogP contribution in [0.5, 0.6) is 0 Å². The third-order valence-corrected chi connectivity index (χ3v) is 4.13. The van der Waals surface area contributed by atoms with E-state index in [4.69, 9.17) is 4.74 Å². The number of rotatable bonds is 5. The van der Waals surface area contributed by atoms with Gasteiger partial charge in [-0.1, -0.05) is 12.1 Å². The highest BCUT2D eigenvalue weighted by atomic mass is 16.6. The number of urea groups is 1. The zero-order valence-corrected chi connectivity index (χ0v) is 14.0. The van der Waals surface area contributed by atoms with Gasteiger partial charge in [0.1, 0.15) is 6.10 Å². The largest absolute Gasteiger partial charge is 0.454 e. The van der Waals surface area contributed by atoms with E-state index in [0.717, 1.165) is 0 Å². The van der Waals surface area contributed by atoms with Crippen LogP contribution in [-0.4, -0.2) is 30.0 Å². The number of nitro benzene ring substituents is 1. The molecule has 1 N–H and O–H groups in total. The van der Waals surface area contributed by atoms with Crippen LogP contribution in [0.1, 0.15) is 28.9 Å². The van der Waals surface area contributed by atoms with Gasteiger partial charge in [-0.25, -0.2) is 9.59 Å². The number of nitrogens with one attached hydrogen (secondary N) is 1. The van der Waals surface area contributed by atoms with Crippen molar-refractivity contribution in [2.75, 3.05) is 18.0 Å². The van der Waals surface area contributed by atoms with E-state index in [0.29, 0.717) is 29.9 Å². The Balaban J connectivity index is 1.72. The summed E-state index contributed by atoms with van der Waals surface area (Å²) in [7, 11) is 0. The van der Waals surface area contributed by atoms with Gasteiger partial charge in [-0.05, 0) is 37.3 Å². The topological polar surface area (TPSA) is 102 Å². The van der Waals surface area contributed by atoms with Crippen molar-refractivity contribution in [2.45, 2.75) is 13.0 Å². The third kappa shape index (κ3) is 3.49. The maximum Gasteiger partial charge on any atom is 0.338 e. The Morgan fingerprint density at radius 3 is 2.54 bits per heavy atom. The van der Waals surface area contributed by atoms with Gasteiger partial charge in [-0.2, -0.15) is 0 Å². The molecule has 1 aliphatic rings. The lowest BCUT2D eigenvalue weighted by atomic mass is 10.1. The van der Waals surface area contributed by atoms with Crippen molar-refractivity contribution in [3.05, 3.63) is 69.8 Å². The molecule has 0 bridgehead atoms. The Bertz CT molecular complexity index is 850. The molecular formula is C18H17N3O5. The van der Waals surface area contributed by atoms with E-state index >= 15 is 0 Å². The van der Waals surface area contributed by atoms with E-state index in [9.17, 15) is 19.7 Å². The fraction of sp³-hybridized carbons (Fsp3) is 0.222. The molecule has 1 aliphatic heterocycles. The van der Waals surface area contributed by atoms with Crippen molar-refractivity contribution >= 4 is 23.4 Å². The van der Waals surface area contributed by atoms with Crippen LogP contribution in [-0.2, 0) is 4.74 Å². The van der Waals surface area contributed by atoms with E-state index in [-0.39, 0.29) is 11.7 Å². The monoisotopic (exact) mass is 355 g/mol. The third-order valence-electron chi connectivity index (χ3n) is 4.13. The van der Waals surface area contributed by atoms with Gasteiger partial charge in [0.25, 0.3) is 5.69 Å². The molecule has 0 aromatic heterocycles. The zero-order valence-electron chi connectivity index (χ0n) is 14.0. The lowest BCUT2D eigenvalue weighted by Gasteiger charge is -2.16. The first-order valence-corrected chi connectivity index (χ1v) is 8.07. The number of para-hydroxylation sites is 1. The summed E-state index contributed by atoms with van der Waals surface area (Å²) in [6.07, 6.45) is -0.770. The van der Waals surface area contributed by atoms with E-state index in [1.165, 1.54) is 6.07 Å². The van der Waals surface area contributed by atoms with Crippen molar-refractivity contribution in [3.8, 4) is 0 Å². The molecular weight excluding hydrogens is 338 g/mol. The highest BCUT2D eigenvalue weighted by Gasteiger charge is 2.23. The second-order valence-electron chi connectivity index (χ2n) is 5.79. The van der Waals surface area contributed by atoms with Gasteiger partial charge < -0.3 is 10.1 Å². The first-order chi connectivity index (χ1) is 12.5. The molecule has 2 aromatic rings. The minimum atomic E-state index is -0.770. The normalized spacial score (nSPS) is 14.7. The van der Waals surface area contributed by atoms with Crippen molar-refractivity contribution < 1.29 is 19.2 Å². The van der Waals surface area contributed by atoms with Gasteiger partial charge in [0.2, 0.25) is 0 Å². The summed E-state index contributed by atoms with van der Waals surface area (Å²) in [5.41, 5.74) is 1.22. The molecule has 8 nitrogen and oxygen atoms in total. The summed E-state index contributed by atoms with van der Waals surface area (Å²) in [5, 5.41) is 13.8. The van der Waals surface area contributed by atoms with Gasteiger partial charge in [0, 0.05) is 24.8 Å². The first kappa shape index (κ1) is 17.4. The highest BCUT2D eigenvalue weighted by molar-refractivity contribution is 5.95. The number of esters is 1. The highest BCUT2D eigenvalue weighted by Crippen LogP contribution is 2.28. The fourth-order valence-electron chi connectivity index (χ4n) is 2.79. The van der Waals surface area contributed by atoms with Crippen LogP contribution in [0.15, 0.2) is 48.5 Å². The maximum absolute atomic E-state index is 12.3. The number of amides is 2. The van der Waals surface area contributed by atoms with Crippen LogP contribution in [0.3, 0.4) is 0 Å². The second kappa shape index (κ2) is 7.22. The minimum Gasteiger partial charge on any atom is -0.454 e. The molecule has 1 saturated heterocycles. The predicted octanol–water partition coefficient (Wildman–Crippen LogP) is 3.04. The summed E-state index contributed by atoms with van der Waals surface area (Å²) >= 11 is 0. The van der Waals surface area contributed by atoms with Crippen LogP contribution in [0.2, 0.25) is 0 Å². The molecule has 1 atom stereocenters. The van der Waals surface area contributed by atoms with Crippen LogP contribution < -0.4 is 10.2 Å². The average Bonchev–Trinajstić information content (AvgIpc) is 3.07. The van der Waals surface area contributed by atoms with E-state index in [1.807, 2.05) is 0 Å². The van der Waals surface area contributed by atoms with Crippen molar-refractivity contribution in [1.82, 2.24) is 5.32 Å². The van der Waals surface area contributed by atoms with Gasteiger partial charge in [-0.15, -0.1) is 0 Å². The number of hydrogen-bond acceptors (Lipinski definition) is 5. The van der Waals surface area contributed by atoms with Gasteiger partial charge in [-0.3, -0.25) is 15.0 Å². The quantitative estimate of drug-likeness (QED) is 0.504. The number of hydrogen-bond donors (Lipinski definition) is 1. The number of carbonyl (C=O) groups excluding carboxylic acids is 2. The smallest absolute Gasteiger partial charge is 0.338 e. The van der Waals surface area contributed by atoms with Gasteiger partial charge in [0.05, 0.1) is 16.1 Å². The van der Waals surface area contributed by atoms with Crippen LogP contribution in [0, 0.1) is 10.1 Å². The fourth-order valence-corrected chi connectivity index (χ4v) is 2.79. The van der Waals surface area contributed by atoms with Gasteiger partial charge >= 0.3 is 12.0 Å². The lowest BCUT2D eigenvalue weighted by molar-refractivity contribution is -0.386. The predicted molar refractivity (Wildman–Crippen MR) is 94.1 cm³/mol. The molecule has 134 valence electrons. The summed E-state index contributed by atoms with van der Waals surface area (Å²) < 4.78 is 5.36. The Morgan fingerprint density at radius 2 is 1.92 bits per heavy atom. The Hall–Kier alpha value is -3.42. The van der Waals surface area contributed by atoms with Crippen molar-refractivity contribution in [3.63, 3.8) is 0 Å². The van der Waals surface area contributed by atoms with Crippen molar-refractivity contribution in [1.29, 1.82) is 0 Å². The maximum atomic E-state index is 12.3. The van der Waals surface area contributed by atoms with E-state index in [1.54, 1.807) is 54.3 Å². The molecule has 3 rings (SSSR count). The minimum absolute atomic E-state index is 0.0943. The summed E-state index contributed by atoms with van der Waals surface area (Å²) in [5.74, 6) is -0.590. The van der Waals surface area contributed by atoms with Crippen LogP contribution in [0.25, 0.3) is 0 Å². The number of nitro groups is 1. The molecule has 0 radical (unpaired) electrons. The molecule has 0 aliphatic carbocycles. The zero-order chi connectivity index (χ0) is 18.7. The Morgan fingerprint density at radius 1 is 1.23 bits per heavy atom. The van der Waals surface area contributed by atoms with Crippen LogP contribution >= 0.6 is 0 Å². The van der Waals surface area contributed by atoms with Crippen LogP contribution in [0.4, 0.5) is 16.2 Å². The van der Waals surface area contributed by atoms with Crippen molar-refractivity contribution in [2.24, 2.45) is 0 Å². The molecule has 8 heteroatoms. The molecule has 2 amide bonds. The number of ether oxygens (including phenoxy) is 1. The first-order valence-electron chi connectivity index (χ1n) is 8.07. The van der Waals surface area contributed by atoms with Gasteiger partial charge in [0.15, 0.2) is 0 Å². The van der Waals surface area contributed by atoms with E-state index < -0.39 is 17.0 Å². The molecule has 1 heterocycles. The Kier molecular flexibility index (Phi) is 4.83. The molecule has 0 saturated carbocycles. The number of nitrogens with zero attached hydrogens (tertiary/aromatic N) is 2. The lowest BCUT2D eigenvalue weighted by Crippen LogP contribution is -2.27. The number of benzene rings is 2. The van der Waals surface area contributed by atoms with E-state index in [2.05, 4.69) is 5.32 Å². The Labute approximate surface area is 149 Å². The molecule has 1 unspecified atom stereocenters. The summed E-state index contributed by atoms with van der Waals surface area (Å²) in [6.45, 7) is 2.73. The SMILES string of the molecule is CC(OC(=O)c1ccc(N2CCNC2=O)cc1)c1ccccc1[N+](=O)[O-]. The number of anilines is 1.